The Morgan fingerprint density at radius 1 is 1.25 bits per heavy atom. The Morgan fingerprint density at radius 2 is 1.80 bits per heavy atom. The number of halogens is 2. The summed E-state index contributed by atoms with van der Waals surface area (Å²) in [5.41, 5.74) is -0.272. The van der Waals surface area contributed by atoms with E-state index in [1.54, 1.807) is 0 Å². The molecule has 0 saturated carbocycles. The minimum atomic E-state index is -3.75. The van der Waals surface area contributed by atoms with Crippen LogP contribution < -0.4 is 10.0 Å². The molecule has 0 radical (unpaired) electrons. The molecule has 1 aromatic carbocycles. The van der Waals surface area contributed by atoms with Gasteiger partial charge in [0.05, 0.1) is 6.04 Å². The van der Waals surface area contributed by atoms with Gasteiger partial charge >= 0.3 is 0 Å². The van der Waals surface area contributed by atoms with E-state index in [-0.39, 0.29) is 5.56 Å². The van der Waals surface area contributed by atoms with Gasteiger partial charge in [-0.05, 0) is 19.1 Å². The van der Waals surface area contributed by atoms with Gasteiger partial charge in [0.25, 0.3) is 10.2 Å². The third-order valence-corrected chi connectivity index (χ3v) is 4.87. The number of hydrogen-bond donors (Lipinski definition) is 2. The average molecular weight is 305 g/mol. The van der Waals surface area contributed by atoms with E-state index in [1.165, 1.54) is 17.3 Å². The Morgan fingerprint density at radius 3 is 2.35 bits per heavy atom. The van der Waals surface area contributed by atoms with Crippen LogP contribution in [0.1, 0.15) is 18.5 Å². The zero-order chi connectivity index (χ0) is 14.8. The van der Waals surface area contributed by atoms with E-state index in [2.05, 4.69) is 10.0 Å². The summed E-state index contributed by atoms with van der Waals surface area (Å²) in [6.45, 7) is 3.21. The minimum Gasteiger partial charge on any atom is -0.314 e. The Hall–Kier alpha value is -1.09. The van der Waals surface area contributed by atoms with Gasteiger partial charge in [-0.15, -0.1) is 0 Å². The van der Waals surface area contributed by atoms with Gasteiger partial charge in [0.1, 0.15) is 11.6 Å². The van der Waals surface area contributed by atoms with Crippen molar-refractivity contribution in [3.8, 4) is 0 Å². The van der Waals surface area contributed by atoms with Gasteiger partial charge in [-0.25, -0.2) is 8.78 Å². The molecule has 0 aromatic heterocycles. The van der Waals surface area contributed by atoms with Crippen molar-refractivity contribution in [1.29, 1.82) is 0 Å². The molecule has 8 heteroatoms. The predicted octanol–water partition coefficient (Wildman–Crippen LogP) is 0.765. The maximum Gasteiger partial charge on any atom is 0.280 e. The lowest BCUT2D eigenvalue weighted by atomic mass is 10.1. The van der Waals surface area contributed by atoms with Crippen LogP contribution in [0.4, 0.5) is 8.78 Å². The number of benzene rings is 1. The number of nitrogens with zero attached hydrogens (tertiary/aromatic N) is 1. The average Bonchev–Trinajstić information content (AvgIpc) is 2.39. The van der Waals surface area contributed by atoms with Gasteiger partial charge in [-0.1, -0.05) is 6.07 Å². The quantitative estimate of drug-likeness (QED) is 0.863. The molecule has 1 atom stereocenters. The minimum absolute atomic E-state index is 0.272. The van der Waals surface area contributed by atoms with Gasteiger partial charge in [-0.2, -0.15) is 17.4 Å². The van der Waals surface area contributed by atoms with Crippen LogP contribution in [0.3, 0.4) is 0 Å². The largest absolute Gasteiger partial charge is 0.314 e. The summed E-state index contributed by atoms with van der Waals surface area (Å²) in [5.74, 6) is -1.53. The van der Waals surface area contributed by atoms with E-state index in [0.29, 0.717) is 26.2 Å². The SMILES string of the molecule is CC(NS(=O)(=O)N1CCNCC1)c1c(F)cccc1F. The maximum absolute atomic E-state index is 13.6. The summed E-state index contributed by atoms with van der Waals surface area (Å²) in [5, 5.41) is 3.04. The Balaban J connectivity index is 2.16. The first-order chi connectivity index (χ1) is 9.42. The first-order valence-corrected chi connectivity index (χ1v) is 7.78. The summed E-state index contributed by atoms with van der Waals surface area (Å²) < 4.78 is 55.1. The second kappa shape index (κ2) is 6.13. The molecule has 0 spiro atoms. The number of hydrogen-bond acceptors (Lipinski definition) is 3. The molecule has 1 heterocycles. The van der Waals surface area contributed by atoms with Crippen molar-refractivity contribution in [2.75, 3.05) is 26.2 Å². The second-order valence-corrected chi connectivity index (χ2v) is 6.33. The van der Waals surface area contributed by atoms with Crippen LogP contribution in [-0.2, 0) is 10.2 Å². The summed E-state index contributed by atoms with van der Waals surface area (Å²) in [4.78, 5) is 0. The highest BCUT2D eigenvalue weighted by molar-refractivity contribution is 7.87. The Labute approximate surface area is 117 Å². The van der Waals surface area contributed by atoms with E-state index in [4.69, 9.17) is 0 Å². The van der Waals surface area contributed by atoms with Crippen LogP contribution in [-0.4, -0.2) is 38.9 Å². The topological polar surface area (TPSA) is 61.4 Å². The van der Waals surface area contributed by atoms with Crippen molar-refractivity contribution in [2.45, 2.75) is 13.0 Å². The maximum atomic E-state index is 13.6. The normalized spacial score (nSPS) is 18.9. The molecule has 1 unspecified atom stereocenters. The van der Waals surface area contributed by atoms with Crippen molar-refractivity contribution < 1.29 is 17.2 Å². The summed E-state index contributed by atoms with van der Waals surface area (Å²) in [6.07, 6.45) is 0. The Bertz CT molecular complexity index is 554. The van der Waals surface area contributed by atoms with E-state index >= 15 is 0 Å². The van der Waals surface area contributed by atoms with Crippen molar-refractivity contribution in [3.05, 3.63) is 35.4 Å². The second-order valence-electron chi connectivity index (χ2n) is 4.63. The molecule has 1 aromatic rings. The predicted molar refractivity (Wildman–Crippen MR) is 71.3 cm³/mol. The van der Waals surface area contributed by atoms with Crippen molar-refractivity contribution in [3.63, 3.8) is 0 Å². The van der Waals surface area contributed by atoms with Crippen LogP contribution in [0.25, 0.3) is 0 Å². The van der Waals surface area contributed by atoms with Gasteiger partial charge in [0.2, 0.25) is 0 Å². The summed E-state index contributed by atoms with van der Waals surface area (Å²) in [6, 6.07) is 2.48. The van der Waals surface area contributed by atoms with Gasteiger partial charge in [-0.3, -0.25) is 0 Å². The molecule has 20 heavy (non-hydrogen) atoms. The zero-order valence-corrected chi connectivity index (χ0v) is 11.9. The smallest absolute Gasteiger partial charge is 0.280 e. The fourth-order valence-corrected chi connectivity index (χ4v) is 3.54. The molecular weight excluding hydrogens is 288 g/mol. The molecule has 1 aliphatic heterocycles. The van der Waals surface area contributed by atoms with Crippen LogP contribution in [0.5, 0.6) is 0 Å². The number of rotatable bonds is 4. The van der Waals surface area contributed by atoms with Crippen LogP contribution in [0.15, 0.2) is 18.2 Å². The molecule has 0 amide bonds. The number of piperazine rings is 1. The van der Waals surface area contributed by atoms with Crippen LogP contribution in [0, 0.1) is 11.6 Å². The van der Waals surface area contributed by atoms with Crippen molar-refractivity contribution >= 4 is 10.2 Å². The molecule has 2 rings (SSSR count). The lowest BCUT2D eigenvalue weighted by molar-refractivity contribution is 0.351. The fraction of sp³-hybridized carbons (Fsp3) is 0.500. The lowest BCUT2D eigenvalue weighted by Gasteiger charge is -2.28. The zero-order valence-electron chi connectivity index (χ0n) is 11.1. The first kappa shape index (κ1) is 15.3. The van der Waals surface area contributed by atoms with Crippen LogP contribution >= 0.6 is 0 Å². The third-order valence-electron chi connectivity index (χ3n) is 3.17. The van der Waals surface area contributed by atoms with Crippen molar-refractivity contribution in [2.24, 2.45) is 0 Å². The summed E-state index contributed by atoms with van der Waals surface area (Å²) in [7, 11) is -3.75. The standard InChI is InChI=1S/C12H17F2N3O2S/c1-9(12-10(13)3-2-4-11(12)14)16-20(18,19)17-7-5-15-6-8-17/h2-4,9,15-16H,5-8H2,1H3. The fourth-order valence-electron chi connectivity index (χ4n) is 2.17. The Kier molecular flexibility index (Phi) is 4.69. The van der Waals surface area contributed by atoms with Crippen LogP contribution in [0.2, 0.25) is 0 Å². The van der Waals surface area contributed by atoms with Gasteiger partial charge in [0.15, 0.2) is 0 Å². The molecule has 1 saturated heterocycles. The molecule has 1 fully saturated rings. The summed E-state index contributed by atoms with van der Waals surface area (Å²) >= 11 is 0. The molecular formula is C12H17F2N3O2S. The van der Waals surface area contributed by atoms with E-state index < -0.39 is 27.9 Å². The van der Waals surface area contributed by atoms with Crippen molar-refractivity contribution in [1.82, 2.24) is 14.3 Å². The first-order valence-electron chi connectivity index (χ1n) is 6.34. The molecule has 1 aliphatic rings. The third kappa shape index (κ3) is 3.32. The number of nitrogens with one attached hydrogen (secondary N) is 2. The van der Waals surface area contributed by atoms with E-state index in [0.717, 1.165) is 12.1 Å². The highest BCUT2D eigenvalue weighted by Gasteiger charge is 2.27. The lowest BCUT2D eigenvalue weighted by Crippen LogP contribution is -2.50. The highest BCUT2D eigenvalue weighted by atomic mass is 32.2. The van der Waals surface area contributed by atoms with Gasteiger partial charge < -0.3 is 5.32 Å². The van der Waals surface area contributed by atoms with E-state index in [9.17, 15) is 17.2 Å². The van der Waals surface area contributed by atoms with E-state index in [1.807, 2.05) is 0 Å². The molecule has 2 N–H and O–H groups in total. The molecule has 0 aliphatic carbocycles. The molecule has 5 nitrogen and oxygen atoms in total. The highest BCUT2D eigenvalue weighted by Crippen LogP contribution is 2.21. The van der Waals surface area contributed by atoms with Gasteiger partial charge in [0, 0.05) is 31.7 Å². The molecule has 0 bridgehead atoms. The molecule has 112 valence electrons. The monoisotopic (exact) mass is 305 g/mol.